The van der Waals surface area contributed by atoms with E-state index in [0.29, 0.717) is 24.3 Å². The number of ether oxygens (including phenoxy) is 1. The quantitative estimate of drug-likeness (QED) is 0.651. The van der Waals surface area contributed by atoms with Gasteiger partial charge in [-0.1, -0.05) is 12.1 Å². The minimum absolute atomic E-state index is 0.201. The van der Waals surface area contributed by atoms with E-state index >= 15 is 0 Å². The molecule has 2 aromatic rings. The van der Waals surface area contributed by atoms with Gasteiger partial charge in [0.1, 0.15) is 5.75 Å². The van der Waals surface area contributed by atoms with Crippen LogP contribution in [0.2, 0.25) is 0 Å². The maximum atomic E-state index is 14.2. The van der Waals surface area contributed by atoms with E-state index in [1.165, 1.54) is 7.11 Å². The Morgan fingerprint density at radius 1 is 0.583 bits per heavy atom. The summed E-state index contributed by atoms with van der Waals surface area (Å²) in [5.74, 6) is -9.10. The number of hydrogen-bond donors (Lipinski definition) is 0. The molecule has 24 heavy (non-hydrogen) atoms. The highest BCUT2D eigenvalue weighted by Gasteiger charge is 2.58. The predicted molar refractivity (Wildman–Crippen MR) is 72.2 cm³/mol. The Morgan fingerprint density at radius 3 is 1.25 bits per heavy atom. The highest BCUT2D eigenvalue weighted by atomic mass is 19.4. The van der Waals surface area contributed by atoms with Crippen molar-refractivity contribution in [3.63, 3.8) is 0 Å². The van der Waals surface area contributed by atoms with E-state index in [9.17, 15) is 30.7 Å². The van der Waals surface area contributed by atoms with Gasteiger partial charge >= 0.3 is 18.0 Å². The molecule has 1 nitrogen and oxygen atoms in total. The van der Waals surface area contributed by atoms with Crippen LogP contribution in [0, 0.1) is 0 Å². The van der Waals surface area contributed by atoms with Gasteiger partial charge in [0.15, 0.2) is 0 Å². The van der Waals surface area contributed by atoms with Crippen molar-refractivity contribution in [2.24, 2.45) is 0 Å². The lowest BCUT2D eigenvalue weighted by Crippen LogP contribution is -2.35. The van der Waals surface area contributed by atoms with E-state index in [1.54, 1.807) is 0 Å². The number of hydrogen-bond acceptors (Lipinski definition) is 1. The van der Waals surface area contributed by atoms with Gasteiger partial charge in [0.25, 0.3) is 0 Å². The van der Waals surface area contributed by atoms with Gasteiger partial charge in [0, 0.05) is 11.1 Å². The van der Waals surface area contributed by atoms with Crippen molar-refractivity contribution in [1.82, 2.24) is 0 Å². The number of methoxy groups -OCH3 is 1. The SMILES string of the molecule is COc1ccc(C(F)(F)C(F)(F)c2ccc(C(F)(F)F)cc2)cc1. The summed E-state index contributed by atoms with van der Waals surface area (Å²) in [6.07, 6.45) is -4.74. The van der Waals surface area contributed by atoms with E-state index in [1.807, 2.05) is 0 Å². The first kappa shape index (κ1) is 18.1. The van der Waals surface area contributed by atoms with Crippen molar-refractivity contribution in [3.05, 3.63) is 65.2 Å². The van der Waals surface area contributed by atoms with Crippen LogP contribution in [0.1, 0.15) is 16.7 Å². The molecule has 0 spiro atoms. The molecule has 0 saturated heterocycles. The van der Waals surface area contributed by atoms with Gasteiger partial charge in [-0.15, -0.1) is 0 Å². The minimum atomic E-state index is -4.74. The lowest BCUT2D eigenvalue weighted by atomic mass is 9.95. The molecule has 2 rings (SSSR count). The molecule has 0 unspecified atom stereocenters. The van der Waals surface area contributed by atoms with Gasteiger partial charge in [-0.25, -0.2) is 0 Å². The first-order chi connectivity index (χ1) is 11.0. The molecule has 2 aromatic carbocycles. The average molecular weight is 352 g/mol. The molecule has 0 N–H and O–H groups in total. The van der Waals surface area contributed by atoms with Gasteiger partial charge < -0.3 is 4.74 Å². The molecule has 0 atom stereocenters. The second-order valence-electron chi connectivity index (χ2n) is 4.95. The standard InChI is InChI=1S/C16H11F7O/c1-24-13-8-6-11(7-9-13)15(19,20)14(17,18)10-2-4-12(5-3-10)16(21,22)23/h2-9H,1H3. The van der Waals surface area contributed by atoms with Gasteiger partial charge in [-0.2, -0.15) is 30.7 Å². The Bertz CT molecular complexity index is 688. The molecule has 0 bridgehead atoms. The third-order valence-corrected chi connectivity index (χ3v) is 3.42. The molecule has 0 aliphatic carbocycles. The van der Waals surface area contributed by atoms with Gasteiger partial charge in [0.05, 0.1) is 12.7 Å². The Balaban J connectivity index is 2.39. The fourth-order valence-electron chi connectivity index (χ4n) is 2.03. The van der Waals surface area contributed by atoms with Crippen molar-refractivity contribution in [3.8, 4) is 5.75 Å². The van der Waals surface area contributed by atoms with Crippen molar-refractivity contribution in [2.75, 3.05) is 7.11 Å². The number of alkyl halides is 7. The summed E-state index contributed by atoms with van der Waals surface area (Å²) in [4.78, 5) is 0. The van der Waals surface area contributed by atoms with E-state index < -0.39 is 34.7 Å². The van der Waals surface area contributed by atoms with Crippen LogP contribution in [0.4, 0.5) is 30.7 Å². The van der Waals surface area contributed by atoms with E-state index in [4.69, 9.17) is 4.74 Å². The molecule has 0 radical (unpaired) electrons. The zero-order valence-electron chi connectivity index (χ0n) is 12.2. The van der Waals surface area contributed by atoms with Crippen LogP contribution in [0.3, 0.4) is 0 Å². The molecule has 0 aliphatic rings. The average Bonchev–Trinajstić information content (AvgIpc) is 2.54. The first-order valence-electron chi connectivity index (χ1n) is 6.58. The summed E-state index contributed by atoms with van der Waals surface area (Å²) in [6, 6.07) is 5.10. The second-order valence-corrected chi connectivity index (χ2v) is 4.95. The molecule has 130 valence electrons. The summed E-state index contributed by atoms with van der Waals surface area (Å²) in [7, 11) is 1.28. The number of benzene rings is 2. The maximum Gasteiger partial charge on any atom is 0.416 e. The monoisotopic (exact) mass is 352 g/mol. The second kappa shape index (κ2) is 5.99. The Morgan fingerprint density at radius 2 is 0.917 bits per heavy atom. The van der Waals surface area contributed by atoms with Crippen molar-refractivity contribution in [2.45, 2.75) is 18.0 Å². The maximum absolute atomic E-state index is 14.2. The fourth-order valence-corrected chi connectivity index (χ4v) is 2.03. The van der Waals surface area contributed by atoms with E-state index in [2.05, 4.69) is 0 Å². The summed E-state index contributed by atoms with van der Waals surface area (Å²) >= 11 is 0. The molecular weight excluding hydrogens is 341 g/mol. The van der Waals surface area contributed by atoms with Crippen LogP contribution in [-0.2, 0) is 18.0 Å². The molecule has 0 amide bonds. The van der Waals surface area contributed by atoms with E-state index in [-0.39, 0.29) is 5.75 Å². The van der Waals surface area contributed by atoms with Gasteiger partial charge in [-0.3, -0.25) is 0 Å². The topological polar surface area (TPSA) is 9.23 Å². The van der Waals surface area contributed by atoms with Crippen molar-refractivity contribution < 1.29 is 35.5 Å². The zero-order valence-corrected chi connectivity index (χ0v) is 12.2. The molecule has 0 saturated carbocycles. The largest absolute Gasteiger partial charge is 0.497 e. The lowest BCUT2D eigenvalue weighted by Gasteiger charge is -2.27. The van der Waals surface area contributed by atoms with Crippen molar-refractivity contribution >= 4 is 0 Å². The third-order valence-electron chi connectivity index (χ3n) is 3.42. The van der Waals surface area contributed by atoms with E-state index in [0.717, 1.165) is 24.3 Å². The number of halogens is 7. The third kappa shape index (κ3) is 3.18. The van der Waals surface area contributed by atoms with Crippen molar-refractivity contribution in [1.29, 1.82) is 0 Å². The molecule has 0 aromatic heterocycles. The van der Waals surface area contributed by atoms with Crippen LogP contribution in [-0.4, -0.2) is 7.11 Å². The van der Waals surface area contributed by atoms with Crippen LogP contribution in [0.15, 0.2) is 48.5 Å². The Labute approximate surface area is 132 Å². The van der Waals surface area contributed by atoms with Crippen LogP contribution in [0.25, 0.3) is 0 Å². The molecule has 0 fully saturated rings. The lowest BCUT2D eigenvalue weighted by molar-refractivity contribution is -0.223. The summed E-state index contributed by atoms with van der Waals surface area (Å²) in [5.41, 5.74) is -3.39. The minimum Gasteiger partial charge on any atom is -0.497 e. The van der Waals surface area contributed by atoms with Crippen LogP contribution >= 0.6 is 0 Å². The normalized spacial score (nSPS) is 13.0. The first-order valence-corrected chi connectivity index (χ1v) is 6.58. The summed E-state index contributed by atoms with van der Waals surface area (Å²) < 4.78 is 98.8. The number of rotatable bonds is 4. The van der Waals surface area contributed by atoms with Gasteiger partial charge in [-0.05, 0) is 36.4 Å². The van der Waals surface area contributed by atoms with Gasteiger partial charge in [0.2, 0.25) is 0 Å². The molecule has 8 heteroatoms. The Kier molecular flexibility index (Phi) is 4.52. The van der Waals surface area contributed by atoms with Crippen LogP contribution < -0.4 is 4.74 Å². The molecule has 0 aliphatic heterocycles. The highest BCUT2D eigenvalue weighted by molar-refractivity contribution is 5.35. The summed E-state index contributed by atoms with van der Waals surface area (Å²) in [6.45, 7) is 0. The Hall–Kier alpha value is -2.25. The fraction of sp³-hybridized carbons (Fsp3) is 0.250. The predicted octanol–water partition coefficient (Wildman–Crippen LogP) is 5.60. The molecular formula is C16H11F7O. The summed E-state index contributed by atoms with van der Waals surface area (Å²) in [5, 5.41) is 0. The molecule has 0 heterocycles. The smallest absolute Gasteiger partial charge is 0.416 e. The zero-order chi connectivity index (χ0) is 18.2. The highest BCUT2D eigenvalue weighted by Crippen LogP contribution is 2.50. The van der Waals surface area contributed by atoms with Crippen LogP contribution in [0.5, 0.6) is 5.75 Å².